The normalized spacial score (nSPS) is 11.9. The molecule has 0 aliphatic rings. The van der Waals surface area contributed by atoms with Gasteiger partial charge in [-0.15, -0.1) is 0 Å². The van der Waals surface area contributed by atoms with Gasteiger partial charge in [-0.3, -0.25) is 9.59 Å². The summed E-state index contributed by atoms with van der Waals surface area (Å²) in [7, 11) is 0. The van der Waals surface area contributed by atoms with Crippen molar-refractivity contribution in [2.75, 3.05) is 6.54 Å². The van der Waals surface area contributed by atoms with Crippen LogP contribution >= 0.6 is 23.2 Å². The average Bonchev–Trinajstić information content (AvgIpc) is 2.72. The third-order valence-corrected chi connectivity index (χ3v) is 5.67. The molecule has 0 heterocycles. The Hall–Kier alpha value is -2.04. The maximum atomic E-state index is 13.2. The maximum absolute atomic E-state index is 13.2. The molecule has 0 aromatic heterocycles. The van der Waals surface area contributed by atoms with Crippen molar-refractivity contribution in [1.82, 2.24) is 10.2 Å². The second-order valence-electron chi connectivity index (χ2n) is 7.77. The molecule has 1 atom stereocenters. The van der Waals surface area contributed by atoms with Crippen molar-refractivity contribution >= 4 is 35.0 Å². The largest absolute Gasteiger partial charge is 0.354 e. The van der Waals surface area contributed by atoms with Gasteiger partial charge in [0, 0.05) is 29.6 Å². The summed E-state index contributed by atoms with van der Waals surface area (Å²) in [4.78, 5) is 27.8. The summed E-state index contributed by atoms with van der Waals surface area (Å²) in [6, 6.07) is 14.4. The molecule has 0 saturated carbocycles. The molecular weight excluding hydrogens is 419 g/mol. The van der Waals surface area contributed by atoms with Crippen molar-refractivity contribution < 1.29 is 9.59 Å². The number of hydrogen-bond acceptors (Lipinski definition) is 2. The number of nitrogens with one attached hydrogen (secondary N) is 1. The van der Waals surface area contributed by atoms with Crippen LogP contribution in [0.1, 0.15) is 44.7 Å². The third kappa shape index (κ3) is 7.03. The Labute approximate surface area is 189 Å². The summed E-state index contributed by atoms with van der Waals surface area (Å²) < 4.78 is 0. The Morgan fingerprint density at radius 2 is 1.53 bits per heavy atom. The molecule has 4 nitrogen and oxygen atoms in total. The predicted molar refractivity (Wildman–Crippen MR) is 124 cm³/mol. The Morgan fingerprint density at radius 3 is 2.07 bits per heavy atom. The Kier molecular flexibility index (Phi) is 9.67. The third-order valence-electron chi connectivity index (χ3n) is 4.94. The molecular formula is C24H30Cl2N2O2. The van der Waals surface area contributed by atoms with E-state index in [0.717, 1.165) is 11.1 Å². The van der Waals surface area contributed by atoms with E-state index in [-0.39, 0.29) is 24.8 Å². The lowest BCUT2D eigenvalue weighted by molar-refractivity contribution is -0.141. The number of nitrogens with zero attached hydrogens (tertiary/aromatic N) is 1. The van der Waals surface area contributed by atoms with Crippen LogP contribution in [0, 0.1) is 5.92 Å². The molecule has 1 N–H and O–H groups in total. The second kappa shape index (κ2) is 12.0. The minimum absolute atomic E-state index is 0.0959. The quantitative estimate of drug-likeness (QED) is 0.520. The molecule has 30 heavy (non-hydrogen) atoms. The molecule has 2 aromatic carbocycles. The van der Waals surface area contributed by atoms with Crippen LogP contribution in [0.5, 0.6) is 0 Å². The molecule has 0 aliphatic carbocycles. The molecule has 162 valence electrons. The zero-order valence-electron chi connectivity index (χ0n) is 17.8. The van der Waals surface area contributed by atoms with Crippen LogP contribution < -0.4 is 5.32 Å². The zero-order valence-corrected chi connectivity index (χ0v) is 19.3. The smallest absolute Gasteiger partial charge is 0.242 e. The molecule has 0 saturated heterocycles. The van der Waals surface area contributed by atoms with E-state index < -0.39 is 6.04 Å². The topological polar surface area (TPSA) is 49.4 Å². The lowest BCUT2D eigenvalue weighted by Gasteiger charge is -2.31. The highest BCUT2D eigenvalue weighted by molar-refractivity contribution is 6.31. The van der Waals surface area contributed by atoms with Crippen LogP contribution in [-0.4, -0.2) is 29.3 Å². The fraction of sp³-hybridized carbons (Fsp3) is 0.417. The highest BCUT2D eigenvalue weighted by Crippen LogP contribution is 2.22. The Balaban J connectivity index is 2.22. The molecule has 0 spiro atoms. The highest BCUT2D eigenvalue weighted by atomic mass is 35.5. The monoisotopic (exact) mass is 448 g/mol. The van der Waals surface area contributed by atoms with Gasteiger partial charge in [0.05, 0.1) is 0 Å². The first-order chi connectivity index (χ1) is 14.3. The van der Waals surface area contributed by atoms with Gasteiger partial charge in [-0.05, 0) is 42.0 Å². The van der Waals surface area contributed by atoms with Gasteiger partial charge in [0.25, 0.3) is 0 Å². The number of benzene rings is 2. The standard InChI is InChI=1S/C24H30Cl2N2O2/c1-4-22(24(30)27-15-17(2)3)28(16-19-10-6-8-12-21(19)26)23(29)14-13-18-9-5-7-11-20(18)25/h5-12,17,22H,4,13-16H2,1-3H3,(H,27,30)/t22-/m0/s1. The van der Waals surface area contributed by atoms with Crippen LogP contribution in [0.2, 0.25) is 10.0 Å². The maximum Gasteiger partial charge on any atom is 0.242 e. The van der Waals surface area contributed by atoms with Crippen molar-refractivity contribution in [3.63, 3.8) is 0 Å². The lowest BCUT2D eigenvalue weighted by Crippen LogP contribution is -2.49. The average molecular weight is 449 g/mol. The van der Waals surface area contributed by atoms with E-state index in [1.807, 2.05) is 63.2 Å². The van der Waals surface area contributed by atoms with E-state index in [2.05, 4.69) is 5.32 Å². The first kappa shape index (κ1) is 24.2. The van der Waals surface area contributed by atoms with Crippen molar-refractivity contribution in [1.29, 1.82) is 0 Å². The number of carbonyl (C=O) groups is 2. The molecule has 0 fully saturated rings. The van der Waals surface area contributed by atoms with Crippen LogP contribution in [0.25, 0.3) is 0 Å². The van der Waals surface area contributed by atoms with Crippen LogP contribution in [-0.2, 0) is 22.6 Å². The van der Waals surface area contributed by atoms with E-state index in [9.17, 15) is 9.59 Å². The van der Waals surface area contributed by atoms with E-state index in [1.165, 1.54) is 0 Å². The fourth-order valence-electron chi connectivity index (χ4n) is 3.24. The van der Waals surface area contributed by atoms with Gasteiger partial charge in [0.15, 0.2) is 0 Å². The number of halogens is 2. The van der Waals surface area contributed by atoms with Crippen LogP contribution in [0.15, 0.2) is 48.5 Å². The first-order valence-electron chi connectivity index (χ1n) is 10.4. The molecule has 2 amide bonds. The summed E-state index contributed by atoms with van der Waals surface area (Å²) in [5.41, 5.74) is 1.74. The van der Waals surface area contributed by atoms with Crippen molar-refractivity contribution in [2.24, 2.45) is 5.92 Å². The van der Waals surface area contributed by atoms with E-state index in [1.54, 1.807) is 11.0 Å². The summed E-state index contributed by atoms with van der Waals surface area (Å²) in [6.07, 6.45) is 1.30. The molecule has 2 aromatic rings. The lowest BCUT2D eigenvalue weighted by atomic mass is 10.1. The minimum atomic E-state index is -0.557. The number of amides is 2. The van der Waals surface area contributed by atoms with E-state index in [0.29, 0.717) is 35.3 Å². The summed E-state index contributed by atoms with van der Waals surface area (Å²) in [5, 5.41) is 4.19. The van der Waals surface area contributed by atoms with Crippen LogP contribution in [0.4, 0.5) is 0 Å². The number of aryl methyl sites for hydroxylation is 1. The van der Waals surface area contributed by atoms with Gasteiger partial charge >= 0.3 is 0 Å². The molecule has 2 rings (SSSR count). The van der Waals surface area contributed by atoms with Gasteiger partial charge < -0.3 is 10.2 Å². The van der Waals surface area contributed by atoms with E-state index in [4.69, 9.17) is 23.2 Å². The van der Waals surface area contributed by atoms with Crippen molar-refractivity contribution in [3.8, 4) is 0 Å². The van der Waals surface area contributed by atoms with Crippen molar-refractivity contribution in [3.05, 3.63) is 69.7 Å². The van der Waals surface area contributed by atoms with Crippen molar-refractivity contribution in [2.45, 2.75) is 52.6 Å². The SMILES string of the molecule is CC[C@@H](C(=O)NCC(C)C)N(Cc1ccccc1Cl)C(=O)CCc1ccccc1Cl. The molecule has 0 bridgehead atoms. The number of rotatable bonds is 10. The minimum Gasteiger partial charge on any atom is -0.354 e. The van der Waals surface area contributed by atoms with Gasteiger partial charge in [0.2, 0.25) is 11.8 Å². The molecule has 0 radical (unpaired) electrons. The van der Waals surface area contributed by atoms with Gasteiger partial charge in [-0.1, -0.05) is 80.4 Å². The summed E-state index contributed by atoms with van der Waals surface area (Å²) >= 11 is 12.6. The first-order valence-corrected chi connectivity index (χ1v) is 11.1. The number of hydrogen-bond donors (Lipinski definition) is 1. The fourth-order valence-corrected chi connectivity index (χ4v) is 3.66. The van der Waals surface area contributed by atoms with Crippen LogP contribution in [0.3, 0.4) is 0 Å². The number of carbonyl (C=O) groups excluding carboxylic acids is 2. The zero-order chi connectivity index (χ0) is 22.1. The second-order valence-corrected chi connectivity index (χ2v) is 8.58. The van der Waals surface area contributed by atoms with E-state index >= 15 is 0 Å². The summed E-state index contributed by atoms with van der Waals surface area (Å²) in [6.45, 7) is 6.85. The predicted octanol–water partition coefficient (Wildman–Crippen LogP) is 5.51. The highest BCUT2D eigenvalue weighted by Gasteiger charge is 2.29. The Morgan fingerprint density at radius 1 is 0.967 bits per heavy atom. The van der Waals surface area contributed by atoms with Gasteiger partial charge in [-0.2, -0.15) is 0 Å². The Bertz CT molecular complexity index is 855. The van der Waals surface area contributed by atoms with Gasteiger partial charge in [-0.25, -0.2) is 0 Å². The molecule has 0 unspecified atom stereocenters. The molecule has 6 heteroatoms. The summed E-state index contributed by atoms with van der Waals surface area (Å²) in [5.74, 6) is 0.102. The molecule has 0 aliphatic heterocycles. The van der Waals surface area contributed by atoms with Gasteiger partial charge in [0.1, 0.15) is 6.04 Å².